The van der Waals surface area contributed by atoms with Gasteiger partial charge in [-0.3, -0.25) is 9.59 Å². The number of nitrogens with zero attached hydrogens (tertiary/aromatic N) is 3. The van der Waals surface area contributed by atoms with Crippen molar-refractivity contribution >= 4 is 40.3 Å². The van der Waals surface area contributed by atoms with Crippen LogP contribution in [0.2, 0.25) is 0 Å². The number of para-hydroxylation sites is 1. The highest BCUT2D eigenvalue weighted by atomic mass is 32.2. The molecule has 0 aliphatic carbocycles. The van der Waals surface area contributed by atoms with Crippen molar-refractivity contribution in [1.29, 1.82) is 0 Å². The summed E-state index contributed by atoms with van der Waals surface area (Å²) in [6, 6.07) is 9.66. The third kappa shape index (κ3) is 6.12. The van der Waals surface area contributed by atoms with Crippen molar-refractivity contribution in [2.45, 2.75) is 26.3 Å². The topological polar surface area (TPSA) is 97.6 Å². The van der Waals surface area contributed by atoms with Crippen LogP contribution in [0.15, 0.2) is 41.7 Å². The molecule has 0 bridgehead atoms. The quantitative estimate of drug-likeness (QED) is 0.304. The zero-order chi connectivity index (χ0) is 20.4. The summed E-state index contributed by atoms with van der Waals surface area (Å²) in [5.41, 5.74) is 1.09. The van der Waals surface area contributed by atoms with Crippen molar-refractivity contribution < 1.29 is 14.3 Å². The Bertz CT molecular complexity index is 820. The van der Waals surface area contributed by atoms with Gasteiger partial charge in [-0.15, -0.1) is 0 Å². The van der Waals surface area contributed by atoms with Crippen molar-refractivity contribution in [3.8, 4) is 0 Å². The van der Waals surface area contributed by atoms with Gasteiger partial charge in [0.2, 0.25) is 0 Å². The molecule has 0 saturated heterocycles. The first-order chi connectivity index (χ1) is 13.6. The van der Waals surface area contributed by atoms with Crippen molar-refractivity contribution in [1.82, 2.24) is 14.9 Å². The van der Waals surface area contributed by atoms with Crippen molar-refractivity contribution in [2.75, 3.05) is 25.2 Å². The number of benzene rings is 1. The van der Waals surface area contributed by atoms with Gasteiger partial charge in [-0.2, -0.15) is 0 Å². The second-order valence-electron chi connectivity index (χ2n) is 5.81. The average Bonchev–Trinajstić information content (AvgIpc) is 3.10. The van der Waals surface area contributed by atoms with E-state index in [9.17, 15) is 9.59 Å². The van der Waals surface area contributed by atoms with Gasteiger partial charge in [-0.1, -0.05) is 43.3 Å². The third-order valence-electron chi connectivity index (χ3n) is 3.76. The van der Waals surface area contributed by atoms with E-state index in [1.54, 1.807) is 11.8 Å². The molecule has 1 heterocycles. The van der Waals surface area contributed by atoms with Crippen LogP contribution in [-0.2, 0) is 16.1 Å². The van der Waals surface area contributed by atoms with Crippen molar-refractivity contribution in [3.63, 3.8) is 0 Å². The lowest BCUT2D eigenvalue weighted by Crippen LogP contribution is -2.24. The number of amidine groups is 1. The molecule has 1 amide bonds. The second kappa shape index (κ2) is 11.1. The standard InChI is InChI=1S/C19H25N5O3S/c1-4-5-11-28-19(22-14-9-7-6-8-10-14)23-17-16(18(26)20-2)24(13-21-17)12-15(25)27-3/h6-10,13H,4-5,11-12H2,1-3H3,(H,20,26)(H,22,23). The summed E-state index contributed by atoms with van der Waals surface area (Å²) in [6.07, 6.45) is 3.53. The summed E-state index contributed by atoms with van der Waals surface area (Å²) in [4.78, 5) is 32.8. The largest absolute Gasteiger partial charge is 0.468 e. The Labute approximate surface area is 168 Å². The SMILES string of the molecule is CCCCSC(=Nc1ncn(CC(=O)OC)c1C(=O)NC)Nc1ccccc1. The van der Waals surface area contributed by atoms with E-state index < -0.39 is 5.97 Å². The van der Waals surface area contributed by atoms with Crippen LogP contribution in [0.3, 0.4) is 0 Å². The summed E-state index contributed by atoms with van der Waals surface area (Å²) in [7, 11) is 2.81. The Morgan fingerprint density at radius 1 is 1.29 bits per heavy atom. The number of aliphatic imine (C=N–C) groups is 1. The molecule has 0 aliphatic rings. The first kappa shape index (κ1) is 21.5. The fourth-order valence-corrected chi connectivity index (χ4v) is 3.25. The van der Waals surface area contributed by atoms with Crippen LogP contribution in [-0.4, -0.2) is 46.5 Å². The van der Waals surface area contributed by atoms with E-state index in [0.717, 1.165) is 24.3 Å². The van der Waals surface area contributed by atoms with Crippen LogP contribution >= 0.6 is 11.8 Å². The molecule has 0 fully saturated rings. The number of hydrogen-bond acceptors (Lipinski definition) is 6. The number of carbonyl (C=O) groups is 2. The predicted octanol–water partition coefficient (Wildman–Crippen LogP) is 3.05. The fraction of sp³-hybridized carbons (Fsp3) is 0.368. The van der Waals surface area contributed by atoms with Gasteiger partial charge in [0.1, 0.15) is 6.54 Å². The lowest BCUT2D eigenvalue weighted by Gasteiger charge is -2.10. The number of carbonyl (C=O) groups excluding carboxylic acids is 2. The van der Waals surface area contributed by atoms with E-state index in [-0.39, 0.29) is 24.0 Å². The highest BCUT2D eigenvalue weighted by Gasteiger charge is 2.20. The maximum Gasteiger partial charge on any atom is 0.325 e. The fourth-order valence-electron chi connectivity index (χ4n) is 2.28. The number of rotatable bonds is 8. The van der Waals surface area contributed by atoms with E-state index in [0.29, 0.717) is 5.17 Å². The molecular formula is C19H25N5O3S. The molecule has 8 nitrogen and oxygen atoms in total. The minimum absolute atomic E-state index is 0.119. The van der Waals surface area contributed by atoms with Crippen LogP contribution in [0.5, 0.6) is 0 Å². The molecule has 0 atom stereocenters. The van der Waals surface area contributed by atoms with Crippen LogP contribution in [0.4, 0.5) is 11.5 Å². The lowest BCUT2D eigenvalue weighted by molar-refractivity contribution is -0.141. The van der Waals surface area contributed by atoms with Crippen LogP contribution in [0.25, 0.3) is 0 Å². The molecule has 0 unspecified atom stereocenters. The van der Waals surface area contributed by atoms with Crippen LogP contribution in [0, 0.1) is 0 Å². The maximum absolute atomic E-state index is 12.4. The second-order valence-corrected chi connectivity index (χ2v) is 6.89. The van der Waals surface area contributed by atoms with Gasteiger partial charge in [0.15, 0.2) is 16.7 Å². The zero-order valence-electron chi connectivity index (χ0n) is 16.3. The predicted molar refractivity (Wildman–Crippen MR) is 112 cm³/mol. The van der Waals surface area contributed by atoms with Gasteiger partial charge in [-0.05, 0) is 18.6 Å². The number of aromatic nitrogens is 2. The van der Waals surface area contributed by atoms with Crippen molar-refractivity contribution in [3.05, 3.63) is 42.4 Å². The Balaban J connectivity index is 2.36. The molecule has 150 valence electrons. The van der Waals surface area contributed by atoms with E-state index in [1.807, 2.05) is 30.3 Å². The average molecular weight is 404 g/mol. The van der Waals surface area contributed by atoms with E-state index in [4.69, 9.17) is 0 Å². The number of unbranched alkanes of at least 4 members (excludes halogenated alkanes) is 1. The van der Waals surface area contributed by atoms with Crippen LogP contribution < -0.4 is 10.6 Å². The molecule has 9 heteroatoms. The van der Waals surface area contributed by atoms with E-state index in [2.05, 4.69) is 32.3 Å². The Morgan fingerprint density at radius 2 is 2.04 bits per heavy atom. The van der Waals surface area contributed by atoms with Crippen molar-refractivity contribution in [2.24, 2.45) is 4.99 Å². The number of amides is 1. The molecule has 0 spiro atoms. The van der Waals surface area contributed by atoms with Gasteiger partial charge in [0, 0.05) is 18.5 Å². The molecule has 2 N–H and O–H groups in total. The summed E-state index contributed by atoms with van der Waals surface area (Å²) >= 11 is 1.56. The smallest absolute Gasteiger partial charge is 0.325 e. The summed E-state index contributed by atoms with van der Waals surface area (Å²) in [5.74, 6) is 0.273. The summed E-state index contributed by atoms with van der Waals surface area (Å²) in [6.45, 7) is 2.01. The van der Waals surface area contributed by atoms with E-state index >= 15 is 0 Å². The number of esters is 1. The van der Waals surface area contributed by atoms with Gasteiger partial charge >= 0.3 is 5.97 Å². The summed E-state index contributed by atoms with van der Waals surface area (Å²) < 4.78 is 6.12. The molecule has 28 heavy (non-hydrogen) atoms. The van der Waals surface area contributed by atoms with Gasteiger partial charge in [0.05, 0.1) is 13.4 Å². The number of ether oxygens (including phenoxy) is 1. The highest BCUT2D eigenvalue weighted by Crippen LogP contribution is 2.22. The number of nitrogens with one attached hydrogen (secondary N) is 2. The monoisotopic (exact) mass is 403 g/mol. The molecule has 2 aromatic rings. The first-order valence-corrected chi connectivity index (χ1v) is 9.95. The highest BCUT2D eigenvalue weighted by molar-refractivity contribution is 8.14. The van der Waals surface area contributed by atoms with Gasteiger partial charge < -0.3 is 19.9 Å². The third-order valence-corrected chi connectivity index (χ3v) is 4.72. The summed E-state index contributed by atoms with van der Waals surface area (Å²) in [5, 5.41) is 6.47. The zero-order valence-corrected chi connectivity index (χ0v) is 17.1. The number of methoxy groups -OCH3 is 1. The number of imidazole rings is 1. The Morgan fingerprint density at radius 3 is 2.68 bits per heavy atom. The molecule has 1 aromatic carbocycles. The van der Waals surface area contributed by atoms with E-state index in [1.165, 1.54) is 25.1 Å². The molecule has 0 radical (unpaired) electrons. The molecule has 2 rings (SSSR count). The first-order valence-electron chi connectivity index (χ1n) is 8.96. The van der Waals surface area contributed by atoms with Gasteiger partial charge in [-0.25, -0.2) is 9.98 Å². The van der Waals surface area contributed by atoms with Crippen LogP contribution in [0.1, 0.15) is 30.3 Å². The number of anilines is 1. The molecular weight excluding hydrogens is 378 g/mol. The lowest BCUT2D eigenvalue weighted by atomic mass is 10.3. The normalized spacial score (nSPS) is 11.2. The van der Waals surface area contributed by atoms with Gasteiger partial charge in [0.25, 0.3) is 5.91 Å². The minimum atomic E-state index is -0.474. The maximum atomic E-state index is 12.4. The molecule has 0 aliphatic heterocycles. The Kier molecular flexibility index (Phi) is 8.54. The number of hydrogen-bond donors (Lipinski definition) is 2. The molecule has 1 aromatic heterocycles. The minimum Gasteiger partial charge on any atom is -0.468 e. The Hall–Kier alpha value is -2.81. The molecule has 0 saturated carbocycles. The number of thioether (sulfide) groups is 1.